The molecule has 3 heterocycles. The second kappa shape index (κ2) is 8.07. The Labute approximate surface area is 179 Å². The number of rotatable bonds is 5. The summed E-state index contributed by atoms with van der Waals surface area (Å²) in [7, 11) is 0. The minimum atomic E-state index is -0.805. The second-order valence-corrected chi connectivity index (χ2v) is 8.93. The van der Waals surface area contributed by atoms with Gasteiger partial charge in [0.2, 0.25) is 5.91 Å². The molecule has 2 aromatic heterocycles. The molecule has 7 heteroatoms. The van der Waals surface area contributed by atoms with Crippen molar-refractivity contribution in [2.45, 2.75) is 33.1 Å². The number of carbonyl (C=O) groups excluding carboxylic acids is 2. The van der Waals surface area contributed by atoms with Crippen LogP contribution in [0.5, 0.6) is 0 Å². The Balaban J connectivity index is 1.66. The molecule has 0 spiro atoms. The normalized spacial score (nSPS) is 19.1. The fraction of sp³-hybridized carbons (Fsp3) is 0.348. The molecule has 6 nitrogen and oxygen atoms in total. The number of primary amides is 1. The average Bonchev–Trinajstić information content (AvgIpc) is 3.38. The summed E-state index contributed by atoms with van der Waals surface area (Å²) in [5.41, 5.74) is 8.38. The fourth-order valence-corrected chi connectivity index (χ4v) is 5.18. The van der Waals surface area contributed by atoms with Gasteiger partial charge in [0.25, 0.3) is 5.91 Å². The van der Waals surface area contributed by atoms with Crippen LogP contribution in [-0.4, -0.2) is 35.0 Å². The van der Waals surface area contributed by atoms with Crippen molar-refractivity contribution >= 4 is 23.2 Å². The standard InChI is InChI=1S/C23H25N3O3S/c1-15-20(16(2)29-25-15)21(27)26-11-6-10-23(14-26,22(24)28)13-17-7-3-4-8-18(17)19-9-5-12-30-19/h3-5,7-9,12H,6,10-11,13-14H2,1-2H3,(H2,24,28)/t23-/m1/s1. The number of thiophene rings is 1. The highest BCUT2D eigenvalue weighted by molar-refractivity contribution is 7.13. The lowest BCUT2D eigenvalue weighted by atomic mass is 9.73. The molecule has 1 aliphatic rings. The molecule has 0 unspecified atom stereocenters. The summed E-state index contributed by atoms with van der Waals surface area (Å²) in [4.78, 5) is 28.8. The van der Waals surface area contributed by atoms with E-state index in [0.717, 1.165) is 22.4 Å². The third kappa shape index (κ3) is 3.65. The molecule has 0 aliphatic carbocycles. The van der Waals surface area contributed by atoms with Crippen LogP contribution in [-0.2, 0) is 11.2 Å². The molecule has 1 atom stereocenters. The maximum Gasteiger partial charge on any atom is 0.259 e. The van der Waals surface area contributed by atoms with E-state index in [0.29, 0.717) is 42.9 Å². The first-order valence-corrected chi connectivity index (χ1v) is 10.9. The first-order valence-electron chi connectivity index (χ1n) is 10.1. The molecule has 156 valence electrons. The first kappa shape index (κ1) is 20.3. The van der Waals surface area contributed by atoms with Crippen LogP contribution >= 0.6 is 11.3 Å². The van der Waals surface area contributed by atoms with Crippen molar-refractivity contribution in [3.8, 4) is 10.4 Å². The predicted octanol–water partition coefficient (Wildman–Crippen LogP) is 3.97. The topological polar surface area (TPSA) is 89.4 Å². The van der Waals surface area contributed by atoms with E-state index >= 15 is 0 Å². The van der Waals surface area contributed by atoms with Gasteiger partial charge in [-0.1, -0.05) is 35.5 Å². The Kier molecular flexibility index (Phi) is 5.47. The van der Waals surface area contributed by atoms with Gasteiger partial charge >= 0.3 is 0 Å². The Morgan fingerprint density at radius 3 is 2.70 bits per heavy atom. The van der Waals surface area contributed by atoms with E-state index in [1.54, 1.807) is 30.1 Å². The van der Waals surface area contributed by atoms with Gasteiger partial charge in [0.1, 0.15) is 11.3 Å². The van der Waals surface area contributed by atoms with E-state index in [1.165, 1.54) is 0 Å². The zero-order chi connectivity index (χ0) is 21.3. The molecule has 3 aromatic rings. The number of nitrogens with zero attached hydrogens (tertiary/aromatic N) is 2. The van der Waals surface area contributed by atoms with Gasteiger partial charge in [-0.3, -0.25) is 9.59 Å². The maximum atomic E-state index is 13.2. The predicted molar refractivity (Wildman–Crippen MR) is 116 cm³/mol. The van der Waals surface area contributed by atoms with Crippen LogP contribution < -0.4 is 5.73 Å². The molecule has 1 aromatic carbocycles. The van der Waals surface area contributed by atoms with Gasteiger partial charge < -0.3 is 15.2 Å². The first-order chi connectivity index (χ1) is 14.4. The number of piperidine rings is 1. The largest absolute Gasteiger partial charge is 0.369 e. The van der Waals surface area contributed by atoms with Crippen LogP contribution in [0.15, 0.2) is 46.3 Å². The van der Waals surface area contributed by atoms with E-state index in [4.69, 9.17) is 10.3 Å². The molecule has 30 heavy (non-hydrogen) atoms. The maximum absolute atomic E-state index is 13.2. The molecule has 0 saturated carbocycles. The lowest BCUT2D eigenvalue weighted by Gasteiger charge is -2.41. The van der Waals surface area contributed by atoms with Crippen molar-refractivity contribution in [3.05, 3.63) is 64.4 Å². The lowest BCUT2D eigenvalue weighted by molar-refractivity contribution is -0.130. The summed E-state index contributed by atoms with van der Waals surface area (Å²) in [6.45, 7) is 4.37. The zero-order valence-electron chi connectivity index (χ0n) is 17.2. The molecule has 1 aliphatic heterocycles. The fourth-order valence-electron chi connectivity index (χ4n) is 4.40. The Morgan fingerprint density at radius 1 is 1.23 bits per heavy atom. The van der Waals surface area contributed by atoms with Crippen LogP contribution in [0.25, 0.3) is 10.4 Å². The molecule has 4 rings (SSSR count). The monoisotopic (exact) mass is 423 g/mol. The van der Waals surface area contributed by atoms with Gasteiger partial charge in [-0.25, -0.2) is 0 Å². The number of hydrogen-bond acceptors (Lipinski definition) is 5. The van der Waals surface area contributed by atoms with Crippen molar-refractivity contribution in [1.29, 1.82) is 0 Å². The minimum absolute atomic E-state index is 0.150. The highest BCUT2D eigenvalue weighted by Crippen LogP contribution is 2.38. The molecule has 1 saturated heterocycles. The van der Waals surface area contributed by atoms with E-state index in [9.17, 15) is 9.59 Å². The van der Waals surface area contributed by atoms with Gasteiger partial charge in [0.05, 0.1) is 11.1 Å². The van der Waals surface area contributed by atoms with Crippen molar-refractivity contribution in [2.75, 3.05) is 13.1 Å². The van der Waals surface area contributed by atoms with Crippen LogP contribution in [0.3, 0.4) is 0 Å². The van der Waals surface area contributed by atoms with Crippen LogP contribution in [0.2, 0.25) is 0 Å². The Bertz CT molecular complexity index is 1050. The van der Waals surface area contributed by atoms with Crippen LogP contribution in [0, 0.1) is 19.3 Å². The third-order valence-electron chi connectivity index (χ3n) is 5.97. The molecule has 2 amide bonds. The number of likely N-dealkylation sites (tertiary alicyclic amines) is 1. The SMILES string of the molecule is Cc1noc(C)c1C(=O)N1CCC[C@](Cc2ccccc2-c2cccs2)(C(N)=O)C1. The lowest BCUT2D eigenvalue weighted by Crippen LogP contribution is -2.53. The molecule has 0 radical (unpaired) electrons. The number of benzene rings is 1. The Morgan fingerprint density at radius 2 is 2.03 bits per heavy atom. The molecular formula is C23H25N3O3S. The number of aromatic nitrogens is 1. The smallest absolute Gasteiger partial charge is 0.259 e. The average molecular weight is 424 g/mol. The summed E-state index contributed by atoms with van der Waals surface area (Å²) in [5, 5.41) is 5.94. The summed E-state index contributed by atoms with van der Waals surface area (Å²) in [6, 6.07) is 12.2. The van der Waals surface area contributed by atoms with Gasteiger partial charge in [0, 0.05) is 18.0 Å². The molecular weight excluding hydrogens is 398 g/mol. The van der Waals surface area contributed by atoms with E-state index in [1.807, 2.05) is 23.6 Å². The number of carbonyl (C=O) groups is 2. The summed E-state index contributed by atoms with van der Waals surface area (Å²) >= 11 is 1.67. The zero-order valence-corrected chi connectivity index (χ0v) is 18.0. The van der Waals surface area contributed by atoms with Crippen molar-refractivity contribution < 1.29 is 14.1 Å². The number of aryl methyl sites for hydroxylation is 2. The quantitative estimate of drug-likeness (QED) is 0.672. The number of amides is 2. The van der Waals surface area contributed by atoms with E-state index in [-0.39, 0.29) is 11.8 Å². The van der Waals surface area contributed by atoms with Crippen molar-refractivity contribution in [1.82, 2.24) is 10.1 Å². The van der Waals surface area contributed by atoms with Gasteiger partial charge in [-0.05, 0) is 55.7 Å². The highest BCUT2D eigenvalue weighted by atomic mass is 32.1. The molecule has 2 N–H and O–H groups in total. The van der Waals surface area contributed by atoms with Crippen LogP contribution in [0.1, 0.15) is 40.2 Å². The number of nitrogens with two attached hydrogens (primary N) is 1. The molecule has 0 bridgehead atoms. The minimum Gasteiger partial charge on any atom is -0.369 e. The second-order valence-electron chi connectivity index (χ2n) is 7.99. The van der Waals surface area contributed by atoms with Gasteiger partial charge in [0.15, 0.2) is 0 Å². The van der Waals surface area contributed by atoms with Crippen molar-refractivity contribution in [3.63, 3.8) is 0 Å². The Hall–Kier alpha value is -2.93. The van der Waals surface area contributed by atoms with Gasteiger partial charge in [-0.15, -0.1) is 11.3 Å². The summed E-state index contributed by atoms with van der Waals surface area (Å²) in [6.07, 6.45) is 1.88. The summed E-state index contributed by atoms with van der Waals surface area (Å²) in [5.74, 6) is -0.0151. The number of hydrogen-bond donors (Lipinski definition) is 1. The van der Waals surface area contributed by atoms with E-state index in [2.05, 4.69) is 23.4 Å². The van der Waals surface area contributed by atoms with Gasteiger partial charge in [-0.2, -0.15) is 0 Å². The highest BCUT2D eigenvalue weighted by Gasteiger charge is 2.43. The summed E-state index contributed by atoms with van der Waals surface area (Å²) < 4.78 is 5.17. The van der Waals surface area contributed by atoms with E-state index < -0.39 is 5.41 Å². The van der Waals surface area contributed by atoms with Crippen LogP contribution in [0.4, 0.5) is 0 Å². The molecule has 1 fully saturated rings. The third-order valence-corrected chi connectivity index (χ3v) is 6.87. The van der Waals surface area contributed by atoms with Crippen molar-refractivity contribution in [2.24, 2.45) is 11.1 Å².